The molecule has 2 aromatic rings. The van der Waals surface area contributed by atoms with Crippen LogP contribution in [0.15, 0.2) is 5.38 Å². The summed E-state index contributed by atoms with van der Waals surface area (Å²) in [4.78, 5) is 31.8. The molecule has 0 atom stereocenters. The molecular weight excluding hydrogens is 272 g/mol. The molecule has 0 aromatic carbocycles. The maximum Gasteiger partial charge on any atom is 0.358 e. The van der Waals surface area contributed by atoms with E-state index in [0.717, 1.165) is 17.0 Å². The number of rotatable bonds is 3. The fraction of sp³-hybridized carbons (Fsp3) is 0.273. The van der Waals surface area contributed by atoms with Gasteiger partial charge in [-0.2, -0.15) is 0 Å². The van der Waals surface area contributed by atoms with E-state index in [-0.39, 0.29) is 11.5 Å². The number of esters is 1. The van der Waals surface area contributed by atoms with Gasteiger partial charge in [-0.3, -0.25) is 4.79 Å². The second kappa shape index (κ2) is 4.95. The highest BCUT2D eigenvalue weighted by molar-refractivity contribution is 7.22. The van der Waals surface area contributed by atoms with Crippen LogP contribution in [-0.2, 0) is 4.74 Å². The molecule has 0 aliphatic heterocycles. The molecular formula is C11H10N2O3S2. The number of ether oxygens (including phenoxy) is 1. The van der Waals surface area contributed by atoms with Crippen LogP contribution in [0.4, 0.5) is 0 Å². The number of hydrogen-bond acceptors (Lipinski definition) is 7. The van der Waals surface area contributed by atoms with Crippen LogP contribution in [0.25, 0.3) is 10.0 Å². The zero-order valence-electron chi connectivity index (χ0n) is 10.0. The van der Waals surface area contributed by atoms with Gasteiger partial charge < -0.3 is 4.74 Å². The fourth-order valence-corrected chi connectivity index (χ4v) is 3.12. The Labute approximate surface area is 111 Å². The minimum absolute atomic E-state index is 0.0675. The SMILES string of the molecule is COC(=O)c1nc(-c2nc(C)cs2)sc1C(C)=O. The van der Waals surface area contributed by atoms with Gasteiger partial charge in [0, 0.05) is 18.0 Å². The second-order valence-corrected chi connectivity index (χ2v) is 5.40. The van der Waals surface area contributed by atoms with E-state index >= 15 is 0 Å². The lowest BCUT2D eigenvalue weighted by Gasteiger charge is -1.95. The minimum Gasteiger partial charge on any atom is -0.464 e. The van der Waals surface area contributed by atoms with Crippen LogP contribution in [0.2, 0.25) is 0 Å². The number of aryl methyl sites for hydroxylation is 1. The van der Waals surface area contributed by atoms with E-state index < -0.39 is 5.97 Å². The third kappa shape index (κ3) is 2.32. The van der Waals surface area contributed by atoms with Crippen LogP contribution in [0.1, 0.15) is 32.8 Å². The Morgan fingerprint density at radius 2 is 2.00 bits per heavy atom. The number of aromatic nitrogens is 2. The Balaban J connectivity index is 2.52. The van der Waals surface area contributed by atoms with Crippen molar-refractivity contribution in [3.63, 3.8) is 0 Å². The number of nitrogens with zero attached hydrogens (tertiary/aromatic N) is 2. The number of methoxy groups -OCH3 is 1. The van der Waals surface area contributed by atoms with Gasteiger partial charge in [0.25, 0.3) is 0 Å². The van der Waals surface area contributed by atoms with Gasteiger partial charge in [-0.25, -0.2) is 14.8 Å². The lowest BCUT2D eigenvalue weighted by molar-refractivity contribution is 0.0591. The molecule has 0 amide bonds. The Morgan fingerprint density at radius 3 is 2.50 bits per heavy atom. The first kappa shape index (κ1) is 12.8. The molecule has 0 aliphatic carbocycles. The maximum absolute atomic E-state index is 11.5. The monoisotopic (exact) mass is 282 g/mol. The van der Waals surface area contributed by atoms with Crippen molar-refractivity contribution >= 4 is 34.4 Å². The zero-order valence-corrected chi connectivity index (χ0v) is 11.6. The van der Waals surface area contributed by atoms with E-state index in [0.29, 0.717) is 14.9 Å². The molecule has 2 rings (SSSR count). The smallest absolute Gasteiger partial charge is 0.358 e. The summed E-state index contributed by atoms with van der Waals surface area (Å²) in [5.41, 5.74) is 0.951. The molecule has 2 aromatic heterocycles. The number of ketones is 1. The van der Waals surface area contributed by atoms with Crippen LogP contribution < -0.4 is 0 Å². The number of Topliss-reactive ketones (excluding diaryl/α,β-unsaturated/α-hetero) is 1. The van der Waals surface area contributed by atoms with Gasteiger partial charge in [0.05, 0.1) is 7.11 Å². The van der Waals surface area contributed by atoms with E-state index in [1.807, 2.05) is 12.3 Å². The Hall–Kier alpha value is -1.60. The summed E-state index contributed by atoms with van der Waals surface area (Å²) in [6, 6.07) is 0. The van der Waals surface area contributed by atoms with E-state index in [1.165, 1.54) is 25.4 Å². The van der Waals surface area contributed by atoms with Crippen LogP contribution in [-0.4, -0.2) is 28.8 Å². The third-order valence-electron chi connectivity index (χ3n) is 2.13. The van der Waals surface area contributed by atoms with Gasteiger partial charge in [0.15, 0.2) is 21.5 Å². The van der Waals surface area contributed by atoms with Crippen LogP contribution in [0.5, 0.6) is 0 Å². The predicted octanol–water partition coefficient (Wildman–Crippen LogP) is 2.56. The minimum atomic E-state index is -0.601. The molecule has 7 heteroatoms. The van der Waals surface area contributed by atoms with Crippen LogP contribution in [0.3, 0.4) is 0 Å². The summed E-state index contributed by atoms with van der Waals surface area (Å²) in [5, 5.41) is 3.16. The number of carbonyl (C=O) groups excluding carboxylic acids is 2. The number of thiazole rings is 2. The highest BCUT2D eigenvalue weighted by Crippen LogP contribution is 2.31. The Morgan fingerprint density at radius 1 is 1.28 bits per heavy atom. The van der Waals surface area contributed by atoms with Crippen LogP contribution in [0, 0.1) is 6.92 Å². The summed E-state index contributed by atoms with van der Waals surface area (Å²) >= 11 is 2.59. The molecule has 0 fully saturated rings. The third-order valence-corrected chi connectivity index (χ3v) is 4.39. The molecule has 5 nitrogen and oxygen atoms in total. The van der Waals surface area contributed by atoms with Crippen molar-refractivity contribution in [2.24, 2.45) is 0 Å². The standard InChI is InChI=1S/C11H10N2O3S2/c1-5-4-17-9(12-5)10-13-7(11(15)16-3)8(18-10)6(2)14/h4H,1-3H3. The molecule has 0 N–H and O–H groups in total. The molecule has 0 saturated carbocycles. The van der Waals surface area contributed by atoms with Gasteiger partial charge in [0.1, 0.15) is 4.88 Å². The molecule has 0 radical (unpaired) electrons. The van der Waals surface area contributed by atoms with Crippen molar-refractivity contribution in [2.75, 3.05) is 7.11 Å². The molecule has 0 aliphatic rings. The molecule has 0 saturated heterocycles. The maximum atomic E-state index is 11.5. The Bertz CT molecular complexity index is 616. The topological polar surface area (TPSA) is 69.2 Å². The average molecular weight is 282 g/mol. The summed E-state index contributed by atoms with van der Waals surface area (Å²) in [5.74, 6) is -0.802. The van der Waals surface area contributed by atoms with Crippen molar-refractivity contribution in [1.82, 2.24) is 9.97 Å². The largest absolute Gasteiger partial charge is 0.464 e. The quantitative estimate of drug-likeness (QED) is 0.639. The van der Waals surface area contributed by atoms with Crippen molar-refractivity contribution in [2.45, 2.75) is 13.8 Å². The van der Waals surface area contributed by atoms with Crippen molar-refractivity contribution in [3.8, 4) is 10.0 Å². The number of hydrogen-bond donors (Lipinski definition) is 0. The second-order valence-electron chi connectivity index (χ2n) is 3.54. The molecule has 2 heterocycles. The van der Waals surface area contributed by atoms with Gasteiger partial charge in [-0.15, -0.1) is 22.7 Å². The number of carbonyl (C=O) groups is 2. The Kier molecular flexibility index (Phi) is 3.53. The summed E-state index contributed by atoms with van der Waals surface area (Å²) in [6.07, 6.45) is 0. The van der Waals surface area contributed by atoms with E-state index in [9.17, 15) is 9.59 Å². The molecule has 18 heavy (non-hydrogen) atoms. The zero-order chi connectivity index (χ0) is 13.3. The van der Waals surface area contributed by atoms with E-state index in [1.54, 1.807) is 0 Å². The van der Waals surface area contributed by atoms with Crippen molar-refractivity contribution in [3.05, 3.63) is 21.6 Å². The van der Waals surface area contributed by atoms with E-state index in [4.69, 9.17) is 0 Å². The highest BCUT2D eigenvalue weighted by atomic mass is 32.1. The highest BCUT2D eigenvalue weighted by Gasteiger charge is 2.23. The van der Waals surface area contributed by atoms with Gasteiger partial charge >= 0.3 is 5.97 Å². The summed E-state index contributed by atoms with van der Waals surface area (Å²) in [7, 11) is 1.26. The molecule has 0 unspecified atom stereocenters. The van der Waals surface area contributed by atoms with Gasteiger partial charge in [0.2, 0.25) is 0 Å². The first-order chi connectivity index (χ1) is 8.52. The molecule has 0 spiro atoms. The lowest BCUT2D eigenvalue weighted by atomic mass is 10.3. The first-order valence-electron chi connectivity index (χ1n) is 5.05. The molecule has 94 valence electrons. The van der Waals surface area contributed by atoms with Gasteiger partial charge in [-0.1, -0.05) is 0 Å². The van der Waals surface area contributed by atoms with Crippen molar-refractivity contribution < 1.29 is 14.3 Å². The summed E-state index contributed by atoms with van der Waals surface area (Å²) < 4.78 is 4.62. The first-order valence-corrected chi connectivity index (χ1v) is 6.75. The molecule has 0 bridgehead atoms. The lowest BCUT2D eigenvalue weighted by Crippen LogP contribution is -2.06. The van der Waals surface area contributed by atoms with Crippen LogP contribution >= 0.6 is 22.7 Å². The van der Waals surface area contributed by atoms with E-state index in [2.05, 4.69) is 14.7 Å². The fourth-order valence-electron chi connectivity index (χ4n) is 1.34. The summed E-state index contributed by atoms with van der Waals surface area (Å²) in [6.45, 7) is 3.28. The predicted molar refractivity (Wildman–Crippen MR) is 69.3 cm³/mol. The normalized spacial score (nSPS) is 10.4. The van der Waals surface area contributed by atoms with Crippen molar-refractivity contribution in [1.29, 1.82) is 0 Å². The average Bonchev–Trinajstić information content (AvgIpc) is 2.93. The van der Waals surface area contributed by atoms with Gasteiger partial charge in [-0.05, 0) is 6.92 Å².